The maximum atomic E-state index is 5.25. The van der Waals surface area contributed by atoms with Crippen molar-refractivity contribution in [2.24, 2.45) is 0 Å². The summed E-state index contributed by atoms with van der Waals surface area (Å²) in [4.78, 5) is 0. The van der Waals surface area contributed by atoms with Gasteiger partial charge in [-0.25, -0.2) is 12.2 Å². The zero-order valence-electron chi connectivity index (χ0n) is 6.33. The molecule has 1 heteroatoms. The molecule has 0 nitrogen and oxygen atoms in total. The van der Waals surface area contributed by atoms with Gasteiger partial charge >= 0.3 is 21.1 Å². The molecule has 0 aromatic heterocycles. The molecule has 0 saturated carbocycles. The molecular formula is C9H12Pt. The molecule has 0 aliphatic heterocycles. The molecule has 0 amide bonds. The molecule has 0 fully saturated rings. The molecule has 10 heavy (non-hydrogen) atoms. The smallest absolute Gasteiger partial charge is 0.697 e. The van der Waals surface area contributed by atoms with Crippen LogP contribution in [0.2, 0.25) is 0 Å². The topological polar surface area (TPSA) is 0 Å². The van der Waals surface area contributed by atoms with Gasteiger partial charge in [-0.15, -0.1) is 6.42 Å². The van der Waals surface area contributed by atoms with E-state index in [-0.39, 0.29) is 35.9 Å². The largest absolute Gasteiger partial charge is 4.00 e. The Labute approximate surface area is 79.7 Å². The van der Waals surface area contributed by atoms with E-state index < -0.39 is 0 Å². The molecule has 0 atom stereocenters. The first-order valence-corrected chi connectivity index (χ1v) is 2.01. The van der Waals surface area contributed by atoms with Crippen LogP contribution in [0.15, 0.2) is 18.2 Å². The standard InChI is InChI=1S/C5H5.C2H.2CH3.Pt/c1-2-4-5-3-1;1-2;;;/h1-3H,4H2;1H;2*1H3;/q4*-1;+4. The van der Waals surface area contributed by atoms with E-state index in [0.717, 1.165) is 6.42 Å². The zero-order chi connectivity index (χ0) is 5.54. The second-order valence-electron chi connectivity index (χ2n) is 1.00. The van der Waals surface area contributed by atoms with Crippen LogP contribution in [-0.4, -0.2) is 0 Å². The van der Waals surface area contributed by atoms with E-state index in [1.807, 2.05) is 12.2 Å². The van der Waals surface area contributed by atoms with Gasteiger partial charge in [-0.1, -0.05) is 0 Å². The summed E-state index contributed by atoms with van der Waals surface area (Å²) in [5.41, 5.74) is 0. The Morgan fingerprint density at radius 1 is 1.30 bits per heavy atom. The quantitative estimate of drug-likeness (QED) is 0.476. The second kappa shape index (κ2) is 23.3. The summed E-state index contributed by atoms with van der Waals surface area (Å²) in [5.74, 6) is 0. The molecule has 0 aromatic rings. The molecule has 0 spiro atoms. The summed E-state index contributed by atoms with van der Waals surface area (Å²) in [6.45, 7) is 0. The SMILES string of the molecule is [C-]#C.[C-]1=CC=CC1.[CH3-].[CH3-].[Pt+4]. The first kappa shape index (κ1) is 22.6. The predicted octanol–water partition coefficient (Wildman–Crippen LogP) is 2.41. The van der Waals surface area contributed by atoms with Crippen molar-refractivity contribution in [3.63, 3.8) is 0 Å². The normalized spacial score (nSPS) is 9.00. The second-order valence-corrected chi connectivity index (χ2v) is 1.00. The van der Waals surface area contributed by atoms with Gasteiger partial charge in [0, 0.05) is 0 Å². The van der Waals surface area contributed by atoms with Crippen LogP contribution in [0, 0.1) is 33.8 Å². The fourth-order valence-electron chi connectivity index (χ4n) is 0.340. The van der Waals surface area contributed by atoms with E-state index in [1.165, 1.54) is 0 Å². The molecule has 0 heterocycles. The van der Waals surface area contributed by atoms with Gasteiger partial charge in [-0.2, -0.15) is 6.08 Å². The molecule has 1 aliphatic rings. The van der Waals surface area contributed by atoms with Crippen LogP contribution in [0.5, 0.6) is 0 Å². The molecule has 0 radical (unpaired) electrons. The van der Waals surface area contributed by atoms with E-state index in [0.29, 0.717) is 0 Å². The third-order valence-corrected chi connectivity index (χ3v) is 0.586. The van der Waals surface area contributed by atoms with Gasteiger partial charge in [0.25, 0.3) is 0 Å². The summed E-state index contributed by atoms with van der Waals surface area (Å²) in [7, 11) is 0. The molecule has 58 valence electrons. The fraction of sp³-hybridized carbons (Fsp3) is 0.111. The number of allylic oxidation sites excluding steroid dienone is 4. The van der Waals surface area contributed by atoms with Crippen LogP contribution in [0.1, 0.15) is 6.42 Å². The first-order valence-electron chi connectivity index (χ1n) is 2.01. The minimum Gasteiger partial charge on any atom is -0.697 e. The van der Waals surface area contributed by atoms with E-state index in [4.69, 9.17) is 6.42 Å². The predicted molar refractivity (Wildman–Crippen MR) is 42.6 cm³/mol. The van der Waals surface area contributed by atoms with Crippen molar-refractivity contribution in [2.45, 2.75) is 6.42 Å². The monoisotopic (exact) mass is 315 g/mol. The van der Waals surface area contributed by atoms with Gasteiger partial charge < -0.3 is 27.7 Å². The van der Waals surface area contributed by atoms with Gasteiger partial charge in [0.1, 0.15) is 0 Å². The third-order valence-electron chi connectivity index (χ3n) is 0.586. The maximum Gasteiger partial charge on any atom is 4.00 e. The molecule has 1 rings (SSSR count). The van der Waals surface area contributed by atoms with Crippen LogP contribution >= 0.6 is 0 Å². The summed E-state index contributed by atoms with van der Waals surface area (Å²) < 4.78 is 0. The molecular weight excluding hydrogens is 303 g/mol. The fourth-order valence-corrected chi connectivity index (χ4v) is 0.340. The van der Waals surface area contributed by atoms with Crippen LogP contribution < -0.4 is 0 Å². The Morgan fingerprint density at radius 2 is 1.80 bits per heavy atom. The van der Waals surface area contributed by atoms with E-state index in [1.54, 1.807) is 0 Å². The minimum absolute atomic E-state index is 0. The minimum atomic E-state index is 0. The summed E-state index contributed by atoms with van der Waals surface area (Å²) in [6.07, 6.45) is 19.0. The van der Waals surface area contributed by atoms with Gasteiger partial charge in [-0.3, -0.25) is 6.08 Å². The van der Waals surface area contributed by atoms with Crippen molar-refractivity contribution >= 4 is 0 Å². The summed E-state index contributed by atoms with van der Waals surface area (Å²) in [6, 6.07) is 0. The number of hydrogen-bond donors (Lipinski definition) is 0. The van der Waals surface area contributed by atoms with Gasteiger partial charge in [0.15, 0.2) is 0 Å². The van der Waals surface area contributed by atoms with Crippen LogP contribution in [-0.2, 0) is 21.1 Å². The Kier molecular flexibility index (Phi) is 52.7. The van der Waals surface area contributed by atoms with Crippen molar-refractivity contribution in [3.05, 3.63) is 45.6 Å². The third kappa shape index (κ3) is 15.6. The average Bonchev–Trinajstić information content (AvgIpc) is 2.23. The Bertz CT molecular complexity index is 88.5. The van der Waals surface area contributed by atoms with E-state index >= 15 is 0 Å². The van der Waals surface area contributed by atoms with E-state index in [9.17, 15) is 0 Å². The molecule has 0 aromatic carbocycles. The zero-order valence-corrected chi connectivity index (χ0v) is 8.60. The summed E-state index contributed by atoms with van der Waals surface area (Å²) >= 11 is 0. The molecule has 0 N–H and O–H groups in total. The molecule has 0 bridgehead atoms. The van der Waals surface area contributed by atoms with Crippen molar-refractivity contribution < 1.29 is 21.1 Å². The van der Waals surface area contributed by atoms with Crippen LogP contribution in [0.4, 0.5) is 0 Å². The van der Waals surface area contributed by atoms with Crippen molar-refractivity contribution in [2.75, 3.05) is 0 Å². The maximum absolute atomic E-state index is 5.25. The molecule has 0 unspecified atom stereocenters. The van der Waals surface area contributed by atoms with Crippen LogP contribution in [0.3, 0.4) is 0 Å². The Morgan fingerprint density at radius 3 is 1.90 bits per heavy atom. The number of rotatable bonds is 0. The average molecular weight is 315 g/mol. The van der Waals surface area contributed by atoms with Gasteiger partial charge in [0.05, 0.1) is 0 Å². The van der Waals surface area contributed by atoms with Crippen molar-refractivity contribution in [1.29, 1.82) is 0 Å². The molecule has 0 saturated heterocycles. The number of terminal acetylenes is 1. The van der Waals surface area contributed by atoms with E-state index in [2.05, 4.69) is 18.6 Å². The van der Waals surface area contributed by atoms with Crippen molar-refractivity contribution in [1.82, 2.24) is 0 Å². The Hall–Kier alpha value is -0.272. The number of hydrogen-bond acceptors (Lipinski definition) is 0. The first-order chi connectivity index (χ1) is 3.50. The van der Waals surface area contributed by atoms with Crippen molar-refractivity contribution in [3.8, 4) is 6.42 Å². The van der Waals surface area contributed by atoms with Crippen LogP contribution in [0.25, 0.3) is 0 Å². The Balaban J connectivity index is -0.0000000337. The summed E-state index contributed by atoms with van der Waals surface area (Å²) in [5, 5.41) is 0. The molecule has 1 aliphatic carbocycles. The van der Waals surface area contributed by atoms with Gasteiger partial charge in [-0.05, 0) is 0 Å². The van der Waals surface area contributed by atoms with Gasteiger partial charge in [0.2, 0.25) is 0 Å².